The Balaban J connectivity index is 1.61. The molecule has 1 heterocycles. The predicted molar refractivity (Wildman–Crippen MR) is 98.6 cm³/mol. The van der Waals surface area contributed by atoms with Crippen LogP contribution in [0.5, 0.6) is 0 Å². The molecule has 1 aliphatic heterocycles. The van der Waals surface area contributed by atoms with Gasteiger partial charge in [0.05, 0.1) is 16.5 Å². The van der Waals surface area contributed by atoms with Gasteiger partial charge in [0.2, 0.25) is 0 Å². The van der Waals surface area contributed by atoms with Gasteiger partial charge in [-0.3, -0.25) is 10.0 Å². The molecule has 0 spiro atoms. The lowest BCUT2D eigenvalue weighted by Crippen LogP contribution is -2.59. The summed E-state index contributed by atoms with van der Waals surface area (Å²) < 4.78 is 27.2. The number of unbranched alkanes of at least 4 members (excludes halogenated alkanes) is 3. The van der Waals surface area contributed by atoms with Crippen LogP contribution in [-0.4, -0.2) is 20.9 Å². The summed E-state index contributed by atoms with van der Waals surface area (Å²) in [7, 11) is -3.44. The smallest absolute Gasteiger partial charge is 0.294 e. The lowest BCUT2D eigenvalue weighted by Gasteiger charge is -2.18. The molecule has 1 atom stereocenters. The highest BCUT2D eigenvalue weighted by molar-refractivity contribution is 7.93. The zero-order valence-electron chi connectivity index (χ0n) is 14.6. The summed E-state index contributed by atoms with van der Waals surface area (Å²) in [6.07, 6.45) is 4.61. The van der Waals surface area contributed by atoms with E-state index in [2.05, 4.69) is 5.73 Å². The monoisotopic (exact) mass is 361 g/mol. The summed E-state index contributed by atoms with van der Waals surface area (Å²) in [6.45, 7) is 2.41. The van der Waals surface area contributed by atoms with Crippen LogP contribution in [-0.2, 0) is 14.8 Å². The maximum atomic E-state index is 12.8. The first kappa shape index (κ1) is 17.9. The SMILES string of the molecule is CC(CCCCCCN1c2cccc3cccc(c23)S1(=O)=O)C([NH3+])=O. The molecule has 6 heteroatoms. The number of hydrogen-bond donors (Lipinski definition) is 1. The number of nitrogens with zero attached hydrogens (tertiary/aromatic N) is 1. The standard InChI is InChI=1S/C19H24N2O3S/c1-14(19(20)22)8-4-2-3-5-13-21-16-11-6-9-15-10-7-12-17(18(15)16)25(21,23)24/h6-7,9-12,14H,2-5,8,13H2,1H3,(H2,20,22)/p+1. The molecule has 1 unspecified atom stereocenters. The third-order valence-electron chi connectivity index (χ3n) is 4.98. The van der Waals surface area contributed by atoms with Crippen molar-refractivity contribution >= 4 is 32.4 Å². The molecule has 1 amide bonds. The number of anilines is 1. The van der Waals surface area contributed by atoms with E-state index < -0.39 is 10.0 Å². The number of sulfonamides is 1. The highest BCUT2D eigenvalue weighted by Crippen LogP contribution is 2.41. The molecule has 0 bridgehead atoms. The second-order valence-electron chi connectivity index (χ2n) is 6.78. The molecular formula is C19H25N2O3S+. The zero-order chi connectivity index (χ0) is 18.0. The highest BCUT2D eigenvalue weighted by atomic mass is 32.2. The minimum atomic E-state index is -3.44. The summed E-state index contributed by atoms with van der Waals surface area (Å²) in [5.41, 5.74) is 4.24. The van der Waals surface area contributed by atoms with Crippen LogP contribution in [0.25, 0.3) is 10.8 Å². The number of carbonyl (C=O) groups excluding carboxylic acids is 1. The fourth-order valence-corrected chi connectivity index (χ4v) is 5.17. The summed E-state index contributed by atoms with van der Waals surface area (Å²) in [5, 5.41) is 1.81. The average Bonchev–Trinajstić information content (AvgIpc) is 2.80. The van der Waals surface area contributed by atoms with Crippen LogP contribution in [0.3, 0.4) is 0 Å². The average molecular weight is 361 g/mol. The Labute approximate surface area is 148 Å². The highest BCUT2D eigenvalue weighted by Gasteiger charge is 2.34. The quantitative estimate of drug-likeness (QED) is 0.734. The molecular weight excluding hydrogens is 336 g/mol. The van der Waals surface area contributed by atoms with Gasteiger partial charge in [-0.15, -0.1) is 0 Å². The second kappa shape index (κ2) is 7.14. The van der Waals surface area contributed by atoms with E-state index in [1.54, 1.807) is 16.4 Å². The van der Waals surface area contributed by atoms with Crippen molar-refractivity contribution in [2.45, 2.75) is 43.9 Å². The maximum absolute atomic E-state index is 12.8. The first-order valence-electron chi connectivity index (χ1n) is 8.83. The molecule has 0 saturated carbocycles. The molecule has 2 aromatic carbocycles. The van der Waals surface area contributed by atoms with Gasteiger partial charge < -0.3 is 0 Å². The van der Waals surface area contributed by atoms with Gasteiger partial charge in [-0.25, -0.2) is 13.2 Å². The van der Waals surface area contributed by atoms with Crippen LogP contribution < -0.4 is 10.0 Å². The van der Waals surface area contributed by atoms with E-state index in [1.807, 2.05) is 31.2 Å². The van der Waals surface area contributed by atoms with Crippen LogP contribution in [0.1, 0.15) is 39.0 Å². The minimum absolute atomic E-state index is 0.00554. The van der Waals surface area contributed by atoms with E-state index in [1.165, 1.54) is 0 Å². The van der Waals surface area contributed by atoms with Gasteiger partial charge in [0.15, 0.2) is 0 Å². The molecule has 0 aromatic heterocycles. The molecule has 3 rings (SSSR count). The van der Waals surface area contributed by atoms with Crippen molar-refractivity contribution in [3.63, 3.8) is 0 Å². The Morgan fingerprint density at radius 1 is 1.08 bits per heavy atom. The van der Waals surface area contributed by atoms with Gasteiger partial charge in [-0.2, -0.15) is 0 Å². The van der Waals surface area contributed by atoms with E-state index in [9.17, 15) is 13.2 Å². The maximum Gasteiger partial charge on any atom is 0.311 e. The molecule has 1 aliphatic rings. The van der Waals surface area contributed by atoms with E-state index in [0.717, 1.165) is 48.6 Å². The fourth-order valence-electron chi connectivity index (χ4n) is 3.42. The number of hydrogen-bond acceptors (Lipinski definition) is 3. The molecule has 134 valence electrons. The molecule has 0 fully saturated rings. The van der Waals surface area contributed by atoms with Gasteiger partial charge in [0, 0.05) is 11.9 Å². The first-order valence-corrected chi connectivity index (χ1v) is 10.3. The normalized spacial score (nSPS) is 16.3. The number of amides is 1. The third-order valence-corrected chi connectivity index (χ3v) is 6.83. The van der Waals surface area contributed by atoms with E-state index in [4.69, 9.17) is 0 Å². The van der Waals surface area contributed by atoms with Gasteiger partial charge >= 0.3 is 5.91 Å². The van der Waals surface area contributed by atoms with E-state index in [-0.39, 0.29) is 11.8 Å². The fraction of sp³-hybridized carbons (Fsp3) is 0.421. The summed E-state index contributed by atoms with van der Waals surface area (Å²) >= 11 is 0. The Morgan fingerprint density at radius 2 is 1.76 bits per heavy atom. The third kappa shape index (κ3) is 3.41. The van der Waals surface area contributed by atoms with E-state index in [0.29, 0.717) is 11.4 Å². The Morgan fingerprint density at radius 3 is 2.48 bits per heavy atom. The number of rotatable bonds is 8. The van der Waals surface area contributed by atoms with E-state index >= 15 is 0 Å². The van der Waals surface area contributed by atoms with Crippen molar-refractivity contribution in [2.24, 2.45) is 5.92 Å². The number of quaternary nitrogens is 1. The minimum Gasteiger partial charge on any atom is -0.294 e. The van der Waals surface area contributed by atoms with Gasteiger partial charge in [0.25, 0.3) is 10.0 Å². The van der Waals surface area contributed by atoms with Crippen LogP contribution in [0.15, 0.2) is 41.3 Å². The number of carbonyl (C=O) groups is 1. The van der Waals surface area contributed by atoms with Gasteiger partial charge in [-0.1, -0.05) is 43.5 Å². The Hall–Kier alpha value is -1.92. The van der Waals surface area contributed by atoms with Crippen LogP contribution >= 0.6 is 0 Å². The van der Waals surface area contributed by atoms with Crippen molar-refractivity contribution in [2.75, 3.05) is 10.8 Å². The van der Waals surface area contributed by atoms with Crippen molar-refractivity contribution in [1.29, 1.82) is 0 Å². The predicted octanol–water partition coefficient (Wildman–Crippen LogP) is 2.70. The zero-order valence-corrected chi connectivity index (χ0v) is 15.4. The molecule has 0 aliphatic carbocycles. The van der Waals surface area contributed by atoms with Crippen molar-refractivity contribution in [3.8, 4) is 0 Å². The topological polar surface area (TPSA) is 82.1 Å². The molecule has 0 saturated heterocycles. The van der Waals surface area contributed by atoms with Crippen molar-refractivity contribution in [3.05, 3.63) is 36.4 Å². The summed E-state index contributed by atoms with van der Waals surface area (Å²) in [5.74, 6) is 0.0140. The van der Waals surface area contributed by atoms with Gasteiger partial charge in [-0.05, 0) is 37.3 Å². The van der Waals surface area contributed by atoms with Gasteiger partial charge in [0.1, 0.15) is 0 Å². The Kier molecular flexibility index (Phi) is 5.11. The lowest BCUT2D eigenvalue weighted by atomic mass is 10.0. The molecule has 3 N–H and O–H groups in total. The van der Waals surface area contributed by atoms with Crippen LogP contribution in [0.4, 0.5) is 5.69 Å². The summed E-state index contributed by atoms with van der Waals surface area (Å²) in [6, 6.07) is 11.2. The Bertz CT molecular complexity index is 887. The van der Waals surface area contributed by atoms with Crippen LogP contribution in [0, 0.1) is 5.92 Å². The lowest BCUT2D eigenvalue weighted by molar-refractivity contribution is -0.311. The summed E-state index contributed by atoms with van der Waals surface area (Å²) in [4.78, 5) is 11.5. The molecule has 5 nitrogen and oxygen atoms in total. The molecule has 2 aromatic rings. The number of benzene rings is 2. The van der Waals surface area contributed by atoms with Crippen LogP contribution in [0.2, 0.25) is 0 Å². The van der Waals surface area contributed by atoms with Crippen molar-refractivity contribution in [1.82, 2.24) is 0 Å². The first-order chi connectivity index (χ1) is 11.9. The molecule has 0 radical (unpaired) electrons. The van der Waals surface area contributed by atoms with Crippen molar-refractivity contribution < 1.29 is 18.9 Å². The second-order valence-corrected chi connectivity index (χ2v) is 8.61. The largest absolute Gasteiger partial charge is 0.311 e. The molecule has 25 heavy (non-hydrogen) atoms.